The van der Waals surface area contributed by atoms with Crippen molar-refractivity contribution in [2.45, 2.75) is 0 Å². The largest absolute Gasteiger partial charge is 0.264 e. The Morgan fingerprint density at radius 3 is 1.33 bits per heavy atom. The lowest BCUT2D eigenvalue weighted by Crippen LogP contribution is -2.02. The van der Waals surface area contributed by atoms with Crippen molar-refractivity contribution >= 4 is 53.9 Å². The van der Waals surface area contributed by atoms with Gasteiger partial charge in [0, 0.05) is 52.3 Å². The molecule has 13 rings (SSSR count). The van der Waals surface area contributed by atoms with Gasteiger partial charge in [-0.2, -0.15) is 5.26 Å². The smallest absolute Gasteiger partial charge is 0.165 e. The van der Waals surface area contributed by atoms with E-state index in [2.05, 4.69) is 149 Å². The minimum atomic E-state index is 0.583. The van der Waals surface area contributed by atoms with E-state index in [9.17, 15) is 5.26 Å². The zero-order valence-electron chi connectivity index (χ0n) is 34.2. The van der Waals surface area contributed by atoms with Crippen LogP contribution in [0.5, 0.6) is 0 Å². The highest BCUT2D eigenvalue weighted by atomic mass is 15.0. The fourth-order valence-electron chi connectivity index (χ4n) is 10.1. The lowest BCUT2D eigenvalue weighted by molar-refractivity contribution is 1.08. The molecule has 3 heterocycles. The summed E-state index contributed by atoms with van der Waals surface area (Å²) < 4.78 is 0. The van der Waals surface area contributed by atoms with Crippen molar-refractivity contribution in [1.29, 1.82) is 5.26 Å². The van der Waals surface area contributed by atoms with Crippen LogP contribution >= 0.6 is 0 Å². The lowest BCUT2D eigenvalue weighted by Gasteiger charge is -2.20. The summed E-state index contributed by atoms with van der Waals surface area (Å²) in [4.78, 5) is 25.0. The maximum Gasteiger partial charge on any atom is 0.165 e. The molecule has 0 saturated heterocycles. The van der Waals surface area contributed by atoms with E-state index in [4.69, 9.17) is 15.0 Å². The number of pyridine rings is 2. The molecule has 0 fully saturated rings. The molecule has 294 valence electrons. The van der Waals surface area contributed by atoms with E-state index in [0.29, 0.717) is 23.0 Å². The molecule has 3 aromatic heterocycles. The van der Waals surface area contributed by atoms with Gasteiger partial charge in [0.2, 0.25) is 0 Å². The SMILES string of the molecule is N#Cc1ccc(-c2ccc3c4c(ccc(-c5c6ccccc6c(-c6nc(-c7cccc8cnccc78)nc(-c7cccc8cnccc78)n6)c6ccccc56)c24)-c2ccccc2-3)cc1. The first-order valence-electron chi connectivity index (χ1n) is 21.3. The molecule has 0 amide bonds. The van der Waals surface area contributed by atoms with E-state index < -0.39 is 0 Å². The second-order valence-electron chi connectivity index (χ2n) is 16.3. The molecule has 0 N–H and O–H groups in total. The number of nitrogens with zero attached hydrogens (tertiary/aromatic N) is 6. The van der Waals surface area contributed by atoms with Gasteiger partial charge in [-0.1, -0.05) is 146 Å². The van der Waals surface area contributed by atoms with E-state index in [-0.39, 0.29) is 0 Å². The summed E-state index contributed by atoms with van der Waals surface area (Å²) in [5.74, 6) is 1.75. The maximum atomic E-state index is 9.71. The van der Waals surface area contributed by atoms with Gasteiger partial charge in [-0.05, 0) is 112 Å². The molecular weight excluding hydrogens is 781 g/mol. The molecule has 0 aliphatic heterocycles. The molecule has 1 aliphatic rings. The van der Waals surface area contributed by atoms with Crippen molar-refractivity contribution < 1.29 is 0 Å². The van der Waals surface area contributed by atoms with Crippen LogP contribution in [-0.4, -0.2) is 24.9 Å². The predicted octanol–water partition coefficient (Wildman–Crippen LogP) is 14.3. The Bertz CT molecular complexity index is 3780. The molecule has 64 heavy (non-hydrogen) atoms. The average molecular weight is 813 g/mol. The highest BCUT2D eigenvalue weighted by Gasteiger charge is 2.28. The molecule has 0 unspecified atom stereocenters. The Balaban J connectivity index is 1.14. The van der Waals surface area contributed by atoms with Gasteiger partial charge in [-0.3, -0.25) is 9.97 Å². The third-order valence-corrected chi connectivity index (χ3v) is 12.9. The van der Waals surface area contributed by atoms with E-state index in [1.165, 1.54) is 33.0 Å². The number of rotatable bonds is 5. The highest BCUT2D eigenvalue weighted by Crippen LogP contribution is 2.54. The number of aromatic nitrogens is 5. The molecule has 6 nitrogen and oxygen atoms in total. The van der Waals surface area contributed by atoms with Crippen molar-refractivity contribution in [1.82, 2.24) is 24.9 Å². The van der Waals surface area contributed by atoms with Gasteiger partial charge >= 0.3 is 0 Å². The number of nitriles is 1. The predicted molar refractivity (Wildman–Crippen MR) is 259 cm³/mol. The molecule has 12 aromatic rings. The second kappa shape index (κ2) is 14.1. The quantitative estimate of drug-likeness (QED) is 0.161. The third kappa shape index (κ3) is 5.35. The van der Waals surface area contributed by atoms with Gasteiger partial charge in [0.25, 0.3) is 0 Å². The van der Waals surface area contributed by atoms with Gasteiger partial charge in [-0.25, -0.2) is 15.0 Å². The molecule has 0 bridgehead atoms. The van der Waals surface area contributed by atoms with Crippen LogP contribution in [0.15, 0.2) is 195 Å². The van der Waals surface area contributed by atoms with E-state index in [0.717, 1.165) is 82.0 Å². The third-order valence-electron chi connectivity index (χ3n) is 12.9. The minimum absolute atomic E-state index is 0.583. The molecule has 0 saturated carbocycles. The highest BCUT2D eigenvalue weighted by molar-refractivity contribution is 6.28. The van der Waals surface area contributed by atoms with Crippen LogP contribution in [0.25, 0.3) is 133 Å². The zero-order chi connectivity index (χ0) is 42.3. The number of hydrogen-bond donors (Lipinski definition) is 0. The van der Waals surface area contributed by atoms with Crippen LogP contribution < -0.4 is 0 Å². The second-order valence-corrected chi connectivity index (χ2v) is 16.3. The van der Waals surface area contributed by atoms with Crippen molar-refractivity contribution in [3.05, 3.63) is 200 Å². The summed E-state index contributed by atoms with van der Waals surface area (Å²) in [5, 5.41) is 20.4. The first-order valence-corrected chi connectivity index (χ1v) is 21.3. The van der Waals surface area contributed by atoms with Gasteiger partial charge in [0.05, 0.1) is 11.6 Å². The first-order chi connectivity index (χ1) is 31.7. The van der Waals surface area contributed by atoms with Crippen LogP contribution in [-0.2, 0) is 0 Å². The molecule has 0 spiro atoms. The van der Waals surface area contributed by atoms with E-state index >= 15 is 0 Å². The molecule has 9 aromatic carbocycles. The van der Waals surface area contributed by atoms with Crippen molar-refractivity contribution in [2.75, 3.05) is 0 Å². The summed E-state index contributed by atoms with van der Waals surface area (Å²) in [7, 11) is 0. The van der Waals surface area contributed by atoms with Crippen molar-refractivity contribution in [2.24, 2.45) is 0 Å². The van der Waals surface area contributed by atoms with Crippen LogP contribution in [0.2, 0.25) is 0 Å². The normalized spacial score (nSPS) is 11.7. The van der Waals surface area contributed by atoms with Crippen molar-refractivity contribution in [3.63, 3.8) is 0 Å². The summed E-state index contributed by atoms with van der Waals surface area (Å²) >= 11 is 0. The van der Waals surface area contributed by atoms with Gasteiger partial charge < -0.3 is 0 Å². The van der Waals surface area contributed by atoms with Crippen LogP contribution in [0, 0.1) is 11.3 Å². The van der Waals surface area contributed by atoms with Crippen LogP contribution in [0.4, 0.5) is 0 Å². The Hall–Kier alpha value is -8.92. The van der Waals surface area contributed by atoms with Gasteiger partial charge in [0.1, 0.15) is 0 Å². The number of fused-ring (bicyclic) bond motifs is 7. The molecule has 0 radical (unpaired) electrons. The standard InChI is InChI=1S/C58H32N6/c59-31-34-19-21-35(22-20-34)40-23-24-47-41-11-1-2-12-42(41)48-25-26-51(53(40)54(47)48)52-43-13-3-5-15-45(43)55(46-16-6-4-14-44(46)52)58-63-56(49-17-7-9-36-32-60-29-27-38(36)49)62-57(64-58)50-18-8-10-37-33-61-30-28-39(37)50/h1-30,32-33H. The average Bonchev–Trinajstić information content (AvgIpc) is 3.69. The first kappa shape index (κ1) is 35.8. The molecular formula is C58H32N6. The molecule has 6 heteroatoms. The van der Waals surface area contributed by atoms with E-state index in [1.807, 2.05) is 61.2 Å². The maximum absolute atomic E-state index is 9.71. The fourth-order valence-corrected chi connectivity index (χ4v) is 10.1. The minimum Gasteiger partial charge on any atom is -0.264 e. The monoisotopic (exact) mass is 812 g/mol. The topological polar surface area (TPSA) is 88.2 Å². The molecule has 1 aliphatic carbocycles. The summed E-state index contributed by atoms with van der Waals surface area (Å²) in [6.07, 6.45) is 7.39. The molecule has 0 atom stereocenters. The Morgan fingerprint density at radius 2 is 0.781 bits per heavy atom. The lowest BCUT2D eigenvalue weighted by atomic mass is 9.83. The Labute approximate surface area is 367 Å². The van der Waals surface area contributed by atoms with Gasteiger partial charge in [0.15, 0.2) is 17.5 Å². The zero-order valence-corrected chi connectivity index (χ0v) is 34.2. The van der Waals surface area contributed by atoms with Crippen LogP contribution in [0.3, 0.4) is 0 Å². The summed E-state index contributed by atoms with van der Waals surface area (Å²) in [5.41, 5.74) is 12.8. The number of benzene rings is 9. The summed E-state index contributed by atoms with van der Waals surface area (Å²) in [6.45, 7) is 0. The van der Waals surface area contributed by atoms with Crippen molar-refractivity contribution in [3.8, 4) is 84.7 Å². The fraction of sp³-hybridized carbons (Fsp3) is 0. The van der Waals surface area contributed by atoms with E-state index in [1.54, 1.807) is 0 Å². The summed E-state index contributed by atoms with van der Waals surface area (Å²) in [6, 6.07) is 61.9. The Morgan fingerprint density at radius 1 is 0.328 bits per heavy atom. The van der Waals surface area contributed by atoms with Gasteiger partial charge in [-0.15, -0.1) is 0 Å². The number of hydrogen-bond acceptors (Lipinski definition) is 6. The Kier molecular flexibility index (Phi) is 7.87. The van der Waals surface area contributed by atoms with Crippen LogP contribution in [0.1, 0.15) is 5.56 Å².